The largest absolute Gasteiger partial charge is 0.467 e. The van der Waals surface area contributed by atoms with Gasteiger partial charge in [0.05, 0.1) is 31.3 Å². The van der Waals surface area contributed by atoms with Crippen molar-refractivity contribution >= 4 is 17.4 Å². The second-order valence-electron chi connectivity index (χ2n) is 9.13. The topological polar surface area (TPSA) is 85.6 Å². The molecule has 3 aliphatic rings. The number of ether oxygens (including phenoxy) is 1. The summed E-state index contributed by atoms with van der Waals surface area (Å²) in [6, 6.07) is 11.5. The third kappa shape index (κ3) is 3.96. The van der Waals surface area contributed by atoms with Crippen molar-refractivity contribution in [3.8, 4) is 12.1 Å². The second kappa shape index (κ2) is 9.34. The molecule has 0 spiro atoms. The van der Waals surface area contributed by atoms with Crippen molar-refractivity contribution in [3.63, 3.8) is 0 Å². The first-order chi connectivity index (χ1) is 16.6. The normalized spacial score (nSPS) is 21.5. The van der Waals surface area contributed by atoms with Gasteiger partial charge in [0.25, 0.3) is 0 Å². The average Bonchev–Trinajstić information content (AvgIpc) is 3.31. The minimum atomic E-state index is -0.196. The zero-order valence-corrected chi connectivity index (χ0v) is 19.6. The van der Waals surface area contributed by atoms with Crippen molar-refractivity contribution in [2.75, 3.05) is 43.1 Å². The lowest BCUT2D eigenvalue weighted by atomic mass is 9.90. The van der Waals surface area contributed by atoms with E-state index in [1.807, 2.05) is 0 Å². The summed E-state index contributed by atoms with van der Waals surface area (Å²) in [5.41, 5.74) is 4.98. The first-order valence-corrected chi connectivity index (χ1v) is 12.0. The fourth-order valence-electron chi connectivity index (χ4n) is 5.65. The van der Waals surface area contributed by atoms with Crippen LogP contribution in [0.25, 0.3) is 0 Å². The minimum absolute atomic E-state index is 0.129. The van der Waals surface area contributed by atoms with Crippen LogP contribution in [-0.4, -0.2) is 66.1 Å². The highest BCUT2D eigenvalue weighted by atomic mass is 16.5. The molecular formula is C26H30N6O2. The molecule has 0 saturated carbocycles. The van der Waals surface area contributed by atoms with Crippen LogP contribution in [0.2, 0.25) is 0 Å². The van der Waals surface area contributed by atoms with E-state index in [1.54, 1.807) is 12.0 Å². The molecule has 1 aliphatic carbocycles. The maximum Gasteiger partial charge on any atom is 0.318 e. The van der Waals surface area contributed by atoms with E-state index in [9.17, 15) is 10.1 Å². The maximum atomic E-state index is 12.3. The van der Waals surface area contributed by atoms with Crippen LogP contribution in [0.15, 0.2) is 36.9 Å². The number of hydrogen-bond donors (Lipinski definition) is 0. The van der Waals surface area contributed by atoms with Crippen LogP contribution >= 0.6 is 0 Å². The zero-order valence-electron chi connectivity index (χ0n) is 19.6. The summed E-state index contributed by atoms with van der Waals surface area (Å²) in [6.07, 6.45) is 5.48. The standard InChI is InChI=1S/C26H30N6O2/c1-3-24(33)32-15-14-30(17-20(32)10-12-27)25-21-9-8-19(16-22(21)28-26(29-25)34-2)31-13-11-18-6-4-5-7-23(18)31/h3-7,19-20H,1,8-11,13-17H2,2H3/t19-,20+/m1/s1. The molecule has 5 rings (SSSR count). The number of fused-ring (bicyclic) bond motifs is 2. The summed E-state index contributed by atoms with van der Waals surface area (Å²) in [4.78, 5) is 28.3. The second-order valence-corrected chi connectivity index (χ2v) is 9.13. The van der Waals surface area contributed by atoms with E-state index in [1.165, 1.54) is 22.9 Å². The van der Waals surface area contributed by atoms with Crippen LogP contribution in [0.5, 0.6) is 6.01 Å². The first-order valence-electron chi connectivity index (χ1n) is 12.0. The van der Waals surface area contributed by atoms with E-state index in [0.717, 1.165) is 43.7 Å². The van der Waals surface area contributed by atoms with Gasteiger partial charge in [-0.3, -0.25) is 4.79 Å². The average molecular weight is 459 g/mol. The zero-order chi connectivity index (χ0) is 23.7. The van der Waals surface area contributed by atoms with Gasteiger partial charge in [-0.15, -0.1) is 0 Å². The van der Waals surface area contributed by atoms with Crippen LogP contribution < -0.4 is 14.5 Å². The van der Waals surface area contributed by atoms with Crippen LogP contribution in [0.4, 0.5) is 11.5 Å². The molecule has 0 N–H and O–H groups in total. The third-order valence-electron chi connectivity index (χ3n) is 7.32. The Morgan fingerprint density at radius 3 is 2.91 bits per heavy atom. The van der Waals surface area contributed by atoms with Crippen LogP contribution in [0.3, 0.4) is 0 Å². The van der Waals surface area contributed by atoms with Crippen LogP contribution in [0, 0.1) is 11.3 Å². The molecule has 1 amide bonds. The number of anilines is 2. The number of carbonyl (C=O) groups excluding carboxylic acids is 1. The summed E-state index contributed by atoms with van der Waals surface area (Å²) in [5.74, 6) is 0.756. The molecule has 1 aromatic carbocycles. The number of hydrogen-bond acceptors (Lipinski definition) is 7. The Hall–Kier alpha value is -3.60. The smallest absolute Gasteiger partial charge is 0.318 e. The van der Waals surface area contributed by atoms with Crippen molar-refractivity contribution in [3.05, 3.63) is 53.7 Å². The molecular weight excluding hydrogens is 428 g/mol. The molecule has 2 aromatic rings. The number of rotatable bonds is 5. The molecule has 3 heterocycles. The highest BCUT2D eigenvalue weighted by molar-refractivity contribution is 5.87. The number of benzene rings is 1. The van der Waals surface area contributed by atoms with Gasteiger partial charge in [-0.25, -0.2) is 0 Å². The summed E-state index contributed by atoms with van der Waals surface area (Å²) < 4.78 is 5.49. The lowest BCUT2D eigenvalue weighted by Gasteiger charge is -2.42. The monoisotopic (exact) mass is 458 g/mol. The molecule has 1 aromatic heterocycles. The fourth-order valence-corrected chi connectivity index (χ4v) is 5.65. The molecule has 1 saturated heterocycles. The summed E-state index contributed by atoms with van der Waals surface area (Å²) in [6.45, 7) is 6.40. The van der Waals surface area contributed by atoms with E-state index in [0.29, 0.717) is 31.7 Å². The maximum absolute atomic E-state index is 12.3. The Labute approximate surface area is 200 Å². The number of amides is 1. The van der Waals surface area contributed by atoms with Gasteiger partial charge in [-0.05, 0) is 37.0 Å². The van der Waals surface area contributed by atoms with Crippen molar-refractivity contribution < 1.29 is 9.53 Å². The van der Waals surface area contributed by atoms with Gasteiger partial charge < -0.3 is 19.4 Å². The molecule has 1 fully saturated rings. The molecule has 8 nitrogen and oxygen atoms in total. The molecule has 2 aliphatic heterocycles. The molecule has 0 bridgehead atoms. The van der Waals surface area contributed by atoms with Crippen molar-refractivity contribution in [1.29, 1.82) is 5.26 Å². The highest BCUT2D eigenvalue weighted by Gasteiger charge is 2.35. The number of carbonyl (C=O) groups is 1. The number of para-hydroxylation sites is 1. The molecule has 0 radical (unpaired) electrons. The molecule has 2 atom stereocenters. The van der Waals surface area contributed by atoms with E-state index in [-0.39, 0.29) is 18.4 Å². The Balaban J connectivity index is 1.42. The first kappa shape index (κ1) is 22.2. The van der Waals surface area contributed by atoms with E-state index < -0.39 is 0 Å². The van der Waals surface area contributed by atoms with Gasteiger partial charge in [0.1, 0.15) is 5.82 Å². The van der Waals surface area contributed by atoms with Crippen molar-refractivity contribution in [2.24, 2.45) is 0 Å². The predicted octanol–water partition coefficient (Wildman–Crippen LogP) is 2.52. The summed E-state index contributed by atoms with van der Waals surface area (Å²) in [5, 5.41) is 9.34. The lowest BCUT2D eigenvalue weighted by Crippen LogP contribution is -2.55. The quantitative estimate of drug-likeness (QED) is 0.637. The molecule has 0 unspecified atom stereocenters. The van der Waals surface area contributed by atoms with E-state index in [4.69, 9.17) is 14.7 Å². The predicted molar refractivity (Wildman–Crippen MR) is 130 cm³/mol. The number of aromatic nitrogens is 2. The van der Waals surface area contributed by atoms with Gasteiger partial charge in [-0.1, -0.05) is 24.8 Å². The van der Waals surface area contributed by atoms with E-state index in [2.05, 4.69) is 46.7 Å². The molecule has 176 valence electrons. The van der Waals surface area contributed by atoms with Crippen molar-refractivity contribution in [2.45, 2.75) is 44.2 Å². The van der Waals surface area contributed by atoms with Gasteiger partial charge >= 0.3 is 6.01 Å². The Kier molecular flexibility index (Phi) is 6.10. The molecule has 34 heavy (non-hydrogen) atoms. The van der Waals surface area contributed by atoms with Gasteiger partial charge in [0.15, 0.2) is 0 Å². The van der Waals surface area contributed by atoms with E-state index >= 15 is 0 Å². The van der Waals surface area contributed by atoms with Gasteiger partial charge in [-0.2, -0.15) is 15.2 Å². The SMILES string of the molecule is C=CC(=O)N1CCN(c2nc(OC)nc3c2CC[C@@H](N2CCc4ccccc42)C3)C[C@@H]1CC#N. The Bertz CT molecular complexity index is 1140. The fraction of sp³-hybridized carbons (Fsp3) is 0.462. The van der Waals surface area contributed by atoms with Crippen molar-refractivity contribution in [1.82, 2.24) is 14.9 Å². The van der Waals surface area contributed by atoms with Crippen LogP contribution in [-0.2, 0) is 24.1 Å². The number of nitrogens with zero attached hydrogens (tertiary/aromatic N) is 6. The summed E-state index contributed by atoms with van der Waals surface area (Å²) >= 11 is 0. The molecule has 8 heteroatoms. The number of piperazine rings is 1. The summed E-state index contributed by atoms with van der Waals surface area (Å²) in [7, 11) is 1.60. The number of methoxy groups -OCH3 is 1. The Morgan fingerprint density at radius 1 is 1.26 bits per heavy atom. The van der Waals surface area contributed by atoms with Crippen LogP contribution in [0.1, 0.15) is 29.7 Å². The Morgan fingerprint density at radius 2 is 2.12 bits per heavy atom. The van der Waals surface area contributed by atoms with Gasteiger partial charge in [0, 0.05) is 49.9 Å². The third-order valence-corrected chi connectivity index (χ3v) is 7.32. The highest BCUT2D eigenvalue weighted by Crippen LogP contribution is 2.37. The number of nitriles is 1. The minimum Gasteiger partial charge on any atom is -0.467 e. The van der Waals surface area contributed by atoms with Gasteiger partial charge in [0.2, 0.25) is 5.91 Å². The lowest BCUT2D eigenvalue weighted by molar-refractivity contribution is -0.128.